The van der Waals surface area contributed by atoms with Gasteiger partial charge in [0.2, 0.25) is 10.0 Å². The molecular formula is C12H15BrClF3N2O2S. The molecule has 2 rings (SSSR count). The number of rotatable bonds is 5. The summed E-state index contributed by atoms with van der Waals surface area (Å²) in [5.41, 5.74) is 4.48. The van der Waals surface area contributed by atoms with Crippen molar-refractivity contribution in [1.82, 2.24) is 4.72 Å². The van der Waals surface area contributed by atoms with Crippen molar-refractivity contribution in [3.63, 3.8) is 0 Å². The van der Waals surface area contributed by atoms with Gasteiger partial charge in [-0.1, -0.05) is 15.9 Å². The van der Waals surface area contributed by atoms with E-state index >= 15 is 0 Å². The second-order valence-electron chi connectivity index (χ2n) is 4.94. The van der Waals surface area contributed by atoms with Crippen molar-refractivity contribution in [3.05, 3.63) is 28.2 Å². The van der Waals surface area contributed by atoms with Gasteiger partial charge >= 0.3 is 6.18 Å². The van der Waals surface area contributed by atoms with Gasteiger partial charge in [0.1, 0.15) is 0 Å². The number of alkyl halides is 3. The summed E-state index contributed by atoms with van der Waals surface area (Å²) in [5, 5.41) is 0. The predicted octanol–water partition coefficient (Wildman–Crippen LogP) is 2.91. The lowest BCUT2D eigenvalue weighted by atomic mass is 10.2. The van der Waals surface area contributed by atoms with E-state index in [2.05, 4.69) is 20.7 Å². The largest absolute Gasteiger partial charge is 0.417 e. The molecule has 1 atom stereocenters. The minimum atomic E-state index is -4.63. The number of benzene rings is 1. The molecule has 1 aliphatic carbocycles. The molecule has 1 aromatic carbocycles. The normalized spacial score (nSPS) is 17.0. The van der Waals surface area contributed by atoms with Gasteiger partial charge in [-0.25, -0.2) is 13.1 Å². The molecule has 1 unspecified atom stereocenters. The molecule has 1 saturated carbocycles. The van der Waals surface area contributed by atoms with Gasteiger partial charge in [-0.2, -0.15) is 13.2 Å². The molecular weight excluding hydrogens is 409 g/mol. The number of nitrogens with two attached hydrogens (primary N) is 1. The van der Waals surface area contributed by atoms with Crippen LogP contribution in [0.1, 0.15) is 18.4 Å². The van der Waals surface area contributed by atoms with Crippen LogP contribution in [0.4, 0.5) is 13.2 Å². The lowest BCUT2D eigenvalue weighted by molar-refractivity contribution is -0.138. The van der Waals surface area contributed by atoms with Crippen LogP contribution in [0.5, 0.6) is 0 Å². The number of halogens is 5. The quantitative estimate of drug-likeness (QED) is 0.765. The Morgan fingerprint density at radius 1 is 1.36 bits per heavy atom. The van der Waals surface area contributed by atoms with E-state index in [1.807, 2.05) is 0 Å². The number of nitrogens with one attached hydrogen (secondary N) is 1. The third kappa shape index (κ3) is 4.58. The Balaban J connectivity index is 0.00000242. The van der Waals surface area contributed by atoms with Crippen LogP contribution in [0.3, 0.4) is 0 Å². The van der Waals surface area contributed by atoms with E-state index < -0.39 is 32.7 Å². The average Bonchev–Trinajstić information content (AvgIpc) is 3.19. The molecule has 1 aliphatic rings. The molecule has 0 spiro atoms. The van der Waals surface area contributed by atoms with Crippen LogP contribution >= 0.6 is 28.3 Å². The van der Waals surface area contributed by atoms with Crippen molar-refractivity contribution in [2.75, 3.05) is 6.54 Å². The SMILES string of the molecule is Cl.NCC(NS(=O)(=O)c1ccc(Br)c(C(F)(F)F)c1)C1CC1. The molecule has 1 fully saturated rings. The third-order valence-electron chi connectivity index (χ3n) is 3.31. The first-order valence-electron chi connectivity index (χ1n) is 6.24. The zero-order valence-electron chi connectivity index (χ0n) is 11.2. The van der Waals surface area contributed by atoms with E-state index in [0.717, 1.165) is 25.0 Å². The fourth-order valence-electron chi connectivity index (χ4n) is 1.99. The maximum atomic E-state index is 12.8. The fourth-order valence-corrected chi connectivity index (χ4v) is 3.81. The first kappa shape index (κ1) is 19.7. The Hall–Kier alpha value is -0.350. The molecule has 0 saturated heterocycles. The highest BCUT2D eigenvalue weighted by atomic mass is 79.9. The van der Waals surface area contributed by atoms with Crippen LogP contribution in [-0.2, 0) is 16.2 Å². The number of hydrogen-bond donors (Lipinski definition) is 2. The van der Waals surface area contributed by atoms with E-state index in [1.54, 1.807) is 0 Å². The molecule has 3 N–H and O–H groups in total. The van der Waals surface area contributed by atoms with E-state index in [4.69, 9.17) is 5.73 Å². The molecule has 0 aromatic heterocycles. The number of sulfonamides is 1. The second-order valence-corrected chi connectivity index (χ2v) is 7.51. The molecule has 4 nitrogen and oxygen atoms in total. The molecule has 0 aliphatic heterocycles. The van der Waals surface area contributed by atoms with Crippen LogP contribution in [0.25, 0.3) is 0 Å². The van der Waals surface area contributed by atoms with Gasteiger partial charge in [0.15, 0.2) is 0 Å². The predicted molar refractivity (Wildman–Crippen MR) is 82.3 cm³/mol. The van der Waals surface area contributed by atoms with Gasteiger partial charge < -0.3 is 5.73 Å². The molecule has 22 heavy (non-hydrogen) atoms. The highest BCUT2D eigenvalue weighted by molar-refractivity contribution is 9.10. The van der Waals surface area contributed by atoms with Crippen LogP contribution in [-0.4, -0.2) is 21.0 Å². The van der Waals surface area contributed by atoms with E-state index in [9.17, 15) is 21.6 Å². The zero-order valence-corrected chi connectivity index (χ0v) is 14.4. The minimum Gasteiger partial charge on any atom is -0.329 e. The topological polar surface area (TPSA) is 72.2 Å². The molecule has 0 heterocycles. The summed E-state index contributed by atoms with van der Waals surface area (Å²) in [6.07, 6.45) is -2.88. The molecule has 126 valence electrons. The maximum absolute atomic E-state index is 12.8. The van der Waals surface area contributed by atoms with Crippen molar-refractivity contribution in [2.24, 2.45) is 11.7 Å². The van der Waals surface area contributed by atoms with Crippen LogP contribution < -0.4 is 10.5 Å². The molecule has 1 aromatic rings. The fraction of sp³-hybridized carbons (Fsp3) is 0.500. The van der Waals surface area contributed by atoms with Gasteiger partial charge in [0.05, 0.1) is 10.5 Å². The minimum absolute atomic E-state index is 0. The van der Waals surface area contributed by atoms with Crippen molar-refractivity contribution in [3.8, 4) is 0 Å². The Morgan fingerprint density at radius 2 is 1.95 bits per heavy atom. The maximum Gasteiger partial charge on any atom is 0.417 e. The van der Waals surface area contributed by atoms with Gasteiger partial charge in [-0.3, -0.25) is 0 Å². The van der Waals surface area contributed by atoms with Gasteiger partial charge in [-0.15, -0.1) is 12.4 Å². The molecule has 10 heteroatoms. The second kappa shape index (κ2) is 7.04. The average molecular weight is 424 g/mol. The Kier molecular flexibility index (Phi) is 6.30. The van der Waals surface area contributed by atoms with E-state index in [0.29, 0.717) is 6.07 Å². The summed E-state index contributed by atoms with van der Waals surface area (Å²) in [4.78, 5) is -0.419. The molecule has 0 bridgehead atoms. The van der Waals surface area contributed by atoms with Crippen molar-refractivity contribution < 1.29 is 21.6 Å². The van der Waals surface area contributed by atoms with Crippen molar-refractivity contribution >= 4 is 38.4 Å². The van der Waals surface area contributed by atoms with E-state index in [1.165, 1.54) is 0 Å². The lowest BCUT2D eigenvalue weighted by Crippen LogP contribution is -2.41. The first-order valence-corrected chi connectivity index (χ1v) is 8.52. The highest BCUT2D eigenvalue weighted by Gasteiger charge is 2.36. The Labute approximate surface area is 141 Å². The van der Waals surface area contributed by atoms with E-state index in [-0.39, 0.29) is 29.3 Å². The Morgan fingerprint density at radius 3 is 2.41 bits per heavy atom. The van der Waals surface area contributed by atoms with Crippen LogP contribution in [0.15, 0.2) is 27.6 Å². The standard InChI is InChI=1S/C12H14BrF3N2O2S.ClH/c13-10-4-3-8(5-9(10)12(14,15)16)21(19,20)18-11(6-17)7-1-2-7;/h3-5,7,11,18H,1-2,6,17H2;1H. The highest BCUT2D eigenvalue weighted by Crippen LogP contribution is 2.37. The summed E-state index contributed by atoms with van der Waals surface area (Å²) >= 11 is 2.78. The smallest absolute Gasteiger partial charge is 0.329 e. The summed E-state index contributed by atoms with van der Waals surface area (Å²) in [6.45, 7) is 0.118. The van der Waals surface area contributed by atoms with Crippen molar-refractivity contribution in [1.29, 1.82) is 0 Å². The monoisotopic (exact) mass is 422 g/mol. The van der Waals surface area contributed by atoms with Gasteiger partial charge in [0, 0.05) is 17.1 Å². The number of hydrogen-bond acceptors (Lipinski definition) is 3. The van der Waals surface area contributed by atoms with Gasteiger partial charge in [0.25, 0.3) is 0 Å². The summed E-state index contributed by atoms with van der Waals surface area (Å²) in [7, 11) is -4.03. The Bertz CT molecular complexity index is 636. The van der Waals surface area contributed by atoms with Crippen LogP contribution in [0, 0.1) is 5.92 Å². The van der Waals surface area contributed by atoms with Crippen molar-refractivity contribution in [2.45, 2.75) is 30.0 Å². The summed E-state index contributed by atoms with van der Waals surface area (Å²) in [5.74, 6) is 0.169. The van der Waals surface area contributed by atoms with Gasteiger partial charge in [-0.05, 0) is 37.0 Å². The summed E-state index contributed by atoms with van der Waals surface area (Å²) < 4.78 is 65.0. The zero-order chi connectivity index (χ0) is 15.8. The van der Waals surface area contributed by atoms with Crippen LogP contribution in [0.2, 0.25) is 0 Å². The third-order valence-corrected chi connectivity index (χ3v) is 5.48. The lowest BCUT2D eigenvalue weighted by Gasteiger charge is -2.17. The molecule has 0 radical (unpaired) electrons. The summed E-state index contributed by atoms with van der Waals surface area (Å²) in [6, 6.07) is 2.38. The molecule has 0 amide bonds. The first-order chi connectivity index (χ1) is 9.65.